The summed E-state index contributed by atoms with van der Waals surface area (Å²) < 4.78 is 10.7. The summed E-state index contributed by atoms with van der Waals surface area (Å²) >= 11 is 0. The Morgan fingerprint density at radius 3 is 2.16 bits per heavy atom. The monoisotopic (exact) mass is 263 g/mol. The van der Waals surface area contributed by atoms with Gasteiger partial charge in [0.1, 0.15) is 0 Å². The third-order valence-electron chi connectivity index (χ3n) is 4.11. The smallest absolute Gasteiger partial charge is 0.162 e. The lowest BCUT2D eigenvalue weighted by Crippen LogP contribution is -2.25. The Morgan fingerprint density at radius 1 is 1.00 bits per heavy atom. The number of benzene rings is 1. The summed E-state index contributed by atoms with van der Waals surface area (Å²) in [5, 5.41) is 3.66. The first-order valence-electron chi connectivity index (χ1n) is 7.13. The van der Waals surface area contributed by atoms with Crippen LogP contribution in [0.1, 0.15) is 38.2 Å². The Kier molecular flexibility index (Phi) is 4.56. The zero-order valence-electron chi connectivity index (χ0n) is 12.5. The van der Waals surface area contributed by atoms with E-state index < -0.39 is 0 Å². The van der Waals surface area contributed by atoms with E-state index in [0.29, 0.717) is 6.04 Å². The van der Waals surface area contributed by atoms with Crippen molar-refractivity contribution in [2.75, 3.05) is 19.5 Å². The molecule has 19 heavy (non-hydrogen) atoms. The SMILES string of the molecule is COc1cc(C)c(NC2CCC(C)CC2)cc1OC. The number of ether oxygens (including phenoxy) is 2. The third-order valence-corrected chi connectivity index (χ3v) is 4.11. The van der Waals surface area contributed by atoms with Crippen LogP contribution in [0.15, 0.2) is 12.1 Å². The van der Waals surface area contributed by atoms with E-state index in [2.05, 4.69) is 19.2 Å². The van der Waals surface area contributed by atoms with Gasteiger partial charge in [-0.3, -0.25) is 0 Å². The van der Waals surface area contributed by atoms with Crippen LogP contribution >= 0.6 is 0 Å². The number of aryl methyl sites for hydroxylation is 1. The molecule has 2 rings (SSSR count). The van der Waals surface area contributed by atoms with Crippen LogP contribution < -0.4 is 14.8 Å². The minimum Gasteiger partial charge on any atom is -0.493 e. The Hall–Kier alpha value is -1.38. The van der Waals surface area contributed by atoms with Crippen molar-refractivity contribution < 1.29 is 9.47 Å². The van der Waals surface area contributed by atoms with E-state index in [0.717, 1.165) is 23.1 Å². The molecule has 0 spiro atoms. The molecule has 0 bridgehead atoms. The van der Waals surface area contributed by atoms with Gasteiger partial charge >= 0.3 is 0 Å². The van der Waals surface area contributed by atoms with Gasteiger partial charge in [-0.1, -0.05) is 6.92 Å². The molecule has 0 amide bonds. The predicted molar refractivity (Wildman–Crippen MR) is 79.3 cm³/mol. The van der Waals surface area contributed by atoms with E-state index in [9.17, 15) is 0 Å². The summed E-state index contributed by atoms with van der Waals surface area (Å²) in [6, 6.07) is 4.67. The topological polar surface area (TPSA) is 30.5 Å². The molecule has 1 aromatic rings. The van der Waals surface area contributed by atoms with Crippen LogP contribution in [-0.4, -0.2) is 20.3 Å². The minimum atomic E-state index is 0.591. The highest BCUT2D eigenvalue weighted by Gasteiger charge is 2.19. The van der Waals surface area contributed by atoms with Gasteiger partial charge in [0.15, 0.2) is 11.5 Å². The second kappa shape index (κ2) is 6.18. The van der Waals surface area contributed by atoms with Crippen LogP contribution in [0.2, 0.25) is 0 Å². The van der Waals surface area contributed by atoms with Crippen molar-refractivity contribution in [3.05, 3.63) is 17.7 Å². The van der Waals surface area contributed by atoms with Crippen LogP contribution in [0.4, 0.5) is 5.69 Å². The van der Waals surface area contributed by atoms with Crippen molar-refractivity contribution in [3.8, 4) is 11.5 Å². The van der Waals surface area contributed by atoms with E-state index in [1.54, 1.807) is 14.2 Å². The van der Waals surface area contributed by atoms with Gasteiger partial charge in [-0.2, -0.15) is 0 Å². The maximum absolute atomic E-state index is 5.37. The predicted octanol–water partition coefficient (Wildman–Crippen LogP) is 4.00. The van der Waals surface area contributed by atoms with Crippen LogP contribution in [0.5, 0.6) is 11.5 Å². The quantitative estimate of drug-likeness (QED) is 0.890. The molecule has 0 aliphatic heterocycles. The molecule has 1 saturated carbocycles. The summed E-state index contributed by atoms with van der Waals surface area (Å²) in [6.07, 6.45) is 5.16. The molecule has 0 atom stereocenters. The van der Waals surface area contributed by atoms with Gasteiger partial charge < -0.3 is 14.8 Å². The number of rotatable bonds is 4. The van der Waals surface area contributed by atoms with E-state index in [1.165, 1.54) is 31.2 Å². The molecular weight excluding hydrogens is 238 g/mol. The third kappa shape index (κ3) is 3.34. The molecule has 106 valence electrons. The Bertz CT molecular complexity index is 423. The minimum absolute atomic E-state index is 0.591. The van der Waals surface area contributed by atoms with E-state index in [-0.39, 0.29) is 0 Å². The first-order chi connectivity index (χ1) is 9.13. The fourth-order valence-electron chi connectivity index (χ4n) is 2.76. The number of methoxy groups -OCH3 is 2. The van der Waals surface area contributed by atoms with Crippen molar-refractivity contribution in [2.24, 2.45) is 5.92 Å². The van der Waals surface area contributed by atoms with Crippen molar-refractivity contribution >= 4 is 5.69 Å². The van der Waals surface area contributed by atoms with Gasteiger partial charge in [0.05, 0.1) is 14.2 Å². The molecule has 1 fully saturated rings. The Labute approximate surface area is 116 Å². The fourth-order valence-corrected chi connectivity index (χ4v) is 2.76. The molecule has 1 N–H and O–H groups in total. The highest BCUT2D eigenvalue weighted by atomic mass is 16.5. The summed E-state index contributed by atoms with van der Waals surface area (Å²) in [5.74, 6) is 2.46. The molecule has 1 aliphatic carbocycles. The molecule has 1 aromatic carbocycles. The van der Waals surface area contributed by atoms with Crippen LogP contribution in [0.3, 0.4) is 0 Å². The van der Waals surface area contributed by atoms with Crippen LogP contribution in [-0.2, 0) is 0 Å². The number of hydrogen-bond acceptors (Lipinski definition) is 3. The summed E-state index contributed by atoms with van der Waals surface area (Å²) in [4.78, 5) is 0. The molecule has 1 aliphatic rings. The average molecular weight is 263 g/mol. The lowest BCUT2D eigenvalue weighted by molar-refractivity contribution is 0.353. The number of anilines is 1. The van der Waals surface area contributed by atoms with E-state index >= 15 is 0 Å². The average Bonchev–Trinajstić information content (AvgIpc) is 2.43. The highest BCUT2D eigenvalue weighted by molar-refractivity contribution is 5.60. The second-order valence-electron chi connectivity index (χ2n) is 5.62. The summed E-state index contributed by atoms with van der Waals surface area (Å²) in [6.45, 7) is 4.45. The zero-order valence-corrected chi connectivity index (χ0v) is 12.5. The Balaban J connectivity index is 2.11. The van der Waals surface area contributed by atoms with Gasteiger partial charge in [-0.25, -0.2) is 0 Å². The van der Waals surface area contributed by atoms with Gasteiger partial charge in [0, 0.05) is 17.8 Å². The molecule has 3 nitrogen and oxygen atoms in total. The molecule has 0 radical (unpaired) electrons. The lowest BCUT2D eigenvalue weighted by Gasteiger charge is -2.28. The molecule has 0 unspecified atom stereocenters. The zero-order chi connectivity index (χ0) is 13.8. The summed E-state index contributed by atoms with van der Waals surface area (Å²) in [5.41, 5.74) is 2.37. The molecule has 0 saturated heterocycles. The Morgan fingerprint density at radius 2 is 1.58 bits per heavy atom. The molecule has 3 heteroatoms. The first-order valence-corrected chi connectivity index (χ1v) is 7.13. The van der Waals surface area contributed by atoms with Crippen LogP contribution in [0, 0.1) is 12.8 Å². The number of nitrogens with one attached hydrogen (secondary N) is 1. The maximum Gasteiger partial charge on any atom is 0.162 e. The van der Waals surface area contributed by atoms with Crippen molar-refractivity contribution in [3.63, 3.8) is 0 Å². The summed E-state index contributed by atoms with van der Waals surface area (Å²) in [7, 11) is 3.35. The molecule has 0 heterocycles. The van der Waals surface area contributed by atoms with Gasteiger partial charge in [-0.15, -0.1) is 0 Å². The maximum atomic E-state index is 5.37. The van der Waals surface area contributed by atoms with E-state index in [1.807, 2.05) is 12.1 Å². The van der Waals surface area contributed by atoms with Crippen molar-refractivity contribution in [1.82, 2.24) is 0 Å². The van der Waals surface area contributed by atoms with E-state index in [4.69, 9.17) is 9.47 Å². The van der Waals surface area contributed by atoms with Crippen molar-refractivity contribution in [2.45, 2.75) is 45.6 Å². The van der Waals surface area contributed by atoms with Gasteiger partial charge in [-0.05, 0) is 50.2 Å². The first kappa shape index (κ1) is 14.0. The molecule has 0 aromatic heterocycles. The van der Waals surface area contributed by atoms with Crippen LogP contribution in [0.25, 0.3) is 0 Å². The van der Waals surface area contributed by atoms with Gasteiger partial charge in [0.25, 0.3) is 0 Å². The van der Waals surface area contributed by atoms with Crippen molar-refractivity contribution in [1.29, 1.82) is 0 Å². The normalized spacial score (nSPS) is 22.9. The number of hydrogen-bond donors (Lipinski definition) is 1. The lowest BCUT2D eigenvalue weighted by atomic mass is 9.87. The standard InChI is InChI=1S/C16H25NO2/c1-11-5-7-13(8-6-11)17-14-10-16(19-4)15(18-3)9-12(14)2/h9-11,13,17H,5-8H2,1-4H3. The highest BCUT2D eigenvalue weighted by Crippen LogP contribution is 2.34. The largest absolute Gasteiger partial charge is 0.493 e. The fraction of sp³-hybridized carbons (Fsp3) is 0.625. The molecular formula is C16H25NO2. The van der Waals surface area contributed by atoms with Gasteiger partial charge in [0.2, 0.25) is 0 Å². The second-order valence-corrected chi connectivity index (χ2v) is 5.62.